The van der Waals surface area contributed by atoms with Gasteiger partial charge in [-0.2, -0.15) is 5.10 Å². The normalized spacial score (nSPS) is 12.3. The van der Waals surface area contributed by atoms with Crippen LogP contribution in [0, 0.1) is 5.92 Å². The van der Waals surface area contributed by atoms with Gasteiger partial charge in [0.15, 0.2) is 0 Å². The molecular formula is C12H18BrN3O4. The molecule has 0 aliphatic carbocycles. The monoisotopic (exact) mass is 347 g/mol. The predicted molar refractivity (Wildman–Crippen MR) is 77.5 cm³/mol. The second-order valence-electron chi connectivity index (χ2n) is 4.51. The Labute approximate surface area is 125 Å². The molecule has 0 aliphatic heterocycles. The number of nitrogens with one attached hydrogen (secondary N) is 1. The molecule has 8 heteroatoms. The molecule has 0 fully saturated rings. The number of halogens is 1. The van der Waals surface area contributed by atoms with Crippen molar-refractivity contribution in [3.8, 4) is 0 Å². The Hall–Kier alpha value is -1.41. The minimum absolute atomic E-state index is 0.0192. The van der Waals surface area contributed by atoms with Crippen molar-refractivity contribution in [3.63, 3.8) is 0 Å². The molecule has 0 spiro atoms. The summed E-state index contributed by atoms with van der Waals surface area (Å²) in [4.78, 5) is 23.6. The third kappa shape index (κ3) is 3.80. The zero-order chi connectivity index (χ0) is 15.3. The van der Waals surface area contributed by atoms with Gasteiger partial charge in [-0.1, -0.05) is 13.8 Å². The molecule has 0 aliphatic rings. The van der Waals surface area contributed by atoms with Crippen molar-refractivity contribution in [2.45, 2.75) is 26.4 Å². The van der Waals surface area contributed by atoms with E-state index in [9.17, 15) is 9.59 Å². The van der Waals surface area contributed by atoms with Gasteiger partial charge >= 0.3 is 5.97 Å². The van der Waals surface area contributed by atoms with Crippen molar-refractivity contribution in [2.24, 2.45) is 5.92 Å². The minimum atomic E-state index is -0.578. The van der Waals surface area contributed by atoms with E-state index in [-0.39, 0.29) is 29.1 Å². The first kappa shape index (κ1) is 16.6. The third-order valence-corrected chi connectivity index (χ3v) is 3.50. The lowest BCUT2D eigenvalue weighted by Gasteiger charge is -2.21. The number of hydrogen-bond acceptors (Lipinski definition) is 6. The van der Waals surface area contributed by atoms with Crippen molar-refractivity contribution in [3.05, 3.63) is 21.0 Å². The van der Waals surface area contributed by atoms with Crippen LogP contribution in [0.4, 0.5) is 5.69 Å². The van der Waals surface area contributed by atoms with Crippen LogP contribution < -0.4 is 10.9 Å². The smallest absolute Gasteiger partial charge is 0.328 e. The fraction of sp³-hybridized carbons (Fsp3) is 0.583. The summed E-state index contributed by atoms with van der Waals surface area (Å²) in [6.07, 6.45) is 1.43. The number of aromatic nitrogens is 2. The quantitative estimate of drug-likeness (QED) is 0.732. The molecule has 1 aromatic heterocycles. The number of esters is 1. The van der Waals surface area contributed by atoms with Gasteiger partial charge in [0.1, 0.15) is 10.5 Å². The molecule has 1 aromatic rings. The summed E-state index contributed by atoms with van der Waals surface area (Å²) in [6.45, 7) is 3.66. The van der Waals surface area contributed by atoms with Gasteiger partial charge in [0.25, 0.3) is 5.56 Å². The largest absolute Gasteiger partial charge is 0.467 e. The van der Waals surface area contributed by atoms with Crippen LogP contribution in [0.15, 0.2) is 15.5 Å². The maximum atomic E-state index is 12.0. The van der Waals surface area contributed by atoms with Gasteiger partial charge in [-0.15, -0.1) is 0 Å². The van der Waals surface area contributed by atoms with E-state index in [1.165, 1.54) is 13.3 Å². The lowest BCUT2D eigenvalue weighted by atomic mass is 10.0. The molecule has 1 unspecified atom stereocenters. The summed E-state index contributed by atoms with van der Waals surface area (Å²) in [7, 11) is 1.31. The Morgan fingerprint density at radius 2 is 2.25 bits per heavy atom. The maximum absolute atomic E-state index is 12.0. The number of aliphatic hydroxyl groups is 1. The van der Waals surface area contributed by atoms with Crippen molar-refractivity contribution in [1.29, 1.82) is 0 Å². The van der Waals surface area contributed by atoms with Crippen LogP contribution in [0.2, 0.25) is 0 Å². The van der Waals surface area contributed by atoms with Gasteiger partial charge in [0.2, 0.25) is 0 Å². The fourth-order valence-electron chi connectivity index (χ4n) is 1.61. The van der Waals surface area contributed by atoms with Crippen LogP contribution in [-0.4, -0.2) is 40.6 Å². The van der Waals surface area contributed by atoms with Gasteiger partial charge in [-0.3, -0.25) is 4.79 Å². The highest BCUT2D eigenvalue weighted by molar-refractivity contribution is 9.10. The number of hydrogen-bond donors (Lipinski definition) is 2. The SMILES string of the molecule is COC(=O)C(Nc1cnn(CCO)c(=O)c1Br)C(C)C. The number of aliphatic hydroxyl groups excluding tert-OH is 1. The van der Waals surface area contributed by atoms with Gasteiger partial charge in [0.05, 0.1) is 32.1 Å². The Morgan fingerprint density at radius 1 is 1.60 bits per heavy atom. The number of anilines is 1. The molecule has 0 radical (unpaired) electrons. The van der Waals surface area contributed by atoms with Crippen molar-refractivity contribution < 1.29 is 14.6 Å². The minimum Gasteiger partial charge on any atom is -0.467 e. The summed E-state index contributed by atoms with van der Waals surface area (Å²) in [6, 6.07) is -0.578. The van der Waals surface area contributed by atoms with Crippen LogP contribution in [-0.2, 0) is 16.1 Å². The van der Waals surface area contributed by atoms with Crippen LogP contribution in [0.3, 0.4) is 0 Å². The van der Waals surface area contributed by atoms with E-state index in [2.05, 4.69) is 26.3 Å². The van der Waals surface area contributed by atoms with Crippen LogP contribution in [0.1, 0.15) is 13.8 Å². The predicted octanol–water partition coefficient (Wildman–Crippen LogP) is 0.608. The number of ether oxygens (including phenoxy) is 1. The van der Waals surface area contributed by atoms with Crippen LogP contribution >= 0.6 is 15.9 Å². The fourth-order valence-corrected chi connectivity index (χ4v) is 2.03. The number of rotatable bonds is 6. The molecule has 0 saturated carbocycles. The van der Waals surface area contributed by atoms with E-state index in [1.54, 1.807) is 0 Å². The summed E-state index contributed by atoms with van der Waals surface area (Å²) < 4.78 is 6.12. The van der Waals surface area contributed by atoms with E-state index in [0.29, 0.717) is 5.69 Å². The summed E-state index contributed by atoms with van der Waals surface area (Å²) >= 11 is 3.18. The first-order chi connectivity index (χ1) is 9.42. The lowest BCUT2D eigenvalue weighted by Crippen LogP contribution is -2.36. The topological polar surface area (TPSA) is 93.4 Å². The molecule has 1 rings (SSSR count). The third-order valence-electron chi connectivity index (χ3n) is 2.73. The first-order valence-corrected chi connectivity index (χ1v) is 6.92. The van der Waals surface area contributed by atoms with Gasteiger partial charge in [0, 0.05) is 0 Å². The molecule has 2 N–H and O–H groups in total. The molecule has 0 bridgehead atoms. The maximum Gasteiger partial charge on any atom is 0.328 e. The molecular weight excluding hydrogens is 330 g/mol. The van der Waals surface area contributed by atoms with Crippen LogP contribution in [0.25, 0.3) is 0 Å². The van der Waals surface area contributed by atoms with Crippen molar-refractivity contribution in [1.82, 2.24) is 9.78 Å². The Bertz CT molecular complexity index is 530. The van der Waals surface area contributed by atoms with E-state index in [0.717, 1.165) is 4.68 Å². The van der Waals surface area contributed by atoms with Gasteiger partial charge < -0.3 is 15.2 Å². The lowest BCUT2D eigenvalue weighted by molar-refractivity contribution is -0.142. The standard InChI is InChI=1S/C12H18BrN3O4/c1-7(2)10(12(19)20-3)15-8-6-14-16(4-5-17)11(18)9(8)13/h6-7,10,15,17H,4-5H2,1-3H3. The molecule has 0 amide bonds. The Balaban J connectivity index is 3.06. The molecule has 0 saturated heterocycles. The van der Waals surface area contributed by atoms with Crippen molar-refractivity contribution >= 4 is 27.6 Å². The second-order valence-corrected chi connectivity index (χ2v) is 5.31. The Kier molecular flexibility index (Phi) is 6.15. The van der Waals surface area contributed by atoms with Gasteiger partial charge in [-0.05, 0) is 21.8 Å². The summed E-state index contributed by atoms with van der Waals surface area (Å²) in [5, 5.41) is 15.7. The summed E-state index contributed by atoms with van der Waals surface area (Å²) in [5.74, 6) is -0.430. The highest BCUT2D eigenvalue weighted by Gasteiger charge is 2.24. The number of methoxy groups -OCH3 is 1. The number of nitrogens with zero attached hydrogens (tertiary/aromatic N) is 2. The number of carbonyl (C=O) groups is 1. The van der Waals surface area contributed by atoms with E-state index in [4.69, 9.17) is 9.84 Å². The zero-order valence-electron chi connectivity index (χ0n) is 11.6. The average Bonchev–Trinajstić information content (AvgIpc) is 2.42. The molecule has 20 heavy (non-hydrogen) atoms. The van der Waals surface area contributed by atoms with Crippen LogP contribution in [0.5, 0.6) is 0 Å². The molecule has 1 atom stereocenters. The van der Waals surface area contributed by atoms with E-state index >= 15 is 0 Å². The Morgan fingerprint density at radius 3 is 2.75 bits per heavy atom. The zero-order valence-corrected chi connectivity index (χ0v) is 13.2. The van der Waals surface area contributed by atoms with E-state index < -0.39 is 12.0 Å². The number of carbonyl (C=O) groups excluding carboxylic acids is 1. The highest BCUT2D eigenvalue weighted by Crippen LogP contribution is 2.19. The average molecular weight is 348 g/mol. The second kappa shape index (κ2) is 7.39. The van der Waals surface area contributed by atoms with E-state index in [1.807, 2.05) is 13.8 Å². The highest BCUT2D eigenvalue weighted by atomic mass is 79.9. The first-order valence-electron chi connectivity index (χ1n) is 6.13. The van der Waals surface area contributed by atoms with Crippen molar-refractivity contribution in [2.75, 3.05) is 19.0 Å². The van der Waals surface area contributed by atoms with Gasteiger partial charge in [-0.25, -0.2) is 9.48 Å². The molecule has 0 aromatic carbocycles. The molecule has 7 nitrogen and oxygen atoms in total. The molecule has 1 heterocycles. The molecule has 112 valence electrons. The summed E-state index contributed by atoms with van der Waals surface area (Å²) in [5.41, 5.74) is 0.0321.